The Balaban J connectivity index is 2.07. The van der Waals surface area contributed by atoms with E-state index in [1.807, 2.05) is 0 Å². The molecule has 12 heteroatoms. The van der Waals surface area contributed by atoms with E-state index in [1.54, 1.807) is 37.9 Å². The molecule has 0 unspecified atom stereocenters. The Morgan fingerprint density at radius 2 is 1.55 bits per heavy atom. The predicted molar refractivity (Wildman–Crippen MR) is 126 cm³/mol. The van der Waals surface area contributed by atoms with E-state index in [1.165, 1.54) is 28.6 Å². The first-order valence-corrected chi connectivity index (χ1v) is 13.7. The van der Waals surface area contributed by atoms with Crippen molar-refractivity contribution in [2.24, 2.45) is 0 Å². The van der Waals surface area contributed by atoms with Gasteiger partial charge in [0.05, 0.1) is 21.3 Å². The number of sulfone groups is 1. The van der Waals surface area contributed by atoms with Gasteiger partial charge < -0.3 is 9.64 Å². The van der Waals surface area contributed by atoms with Crippen LogP contribution in [0, 0.1) is 10.1 Å². The van der Waals surface area contributed by atoms with Gasteiger partial charge in [-0.1, -0.05) is 13.8 Å². The number of nitro groups is 1. The number of nitro benzene ring substituents is 1. The van der Waals surface area contributed by atoms with Crippen molar-refractivity contribution in [3.05, 3.63) is 52.6 Å². The Morgan fingerprint density at radius 3 is 2.06 bits per heavy atom. The zero-order valence-corrected chi connectivity index (χ0v) is 20.7. The van der Waals surface area contributed by atoms with Crippen LogP contribution in [0.15, 0.2) is 52.3 Å². The lowest BCUT2D eigenvalue weighted by Gasteiger charge is -2.21. The molecule has 0 fully saturated rings. The largest absolute Gasteiger partial charge is 0.494 e. The Kier molecular flexibility index (Phi) is 8.81. The van der Waals surface area contributed by atoms with Crippen molar-refractivity contribution in [3.63, 3.8) is 0 Å². The van der Waals surface area contributed by atoms with E-state index in [9.17, 15) is 26.9 Å². The summed E-state index contributed by atoms with van der Waals surface area (Å²) in [6.45, 7) is 4.69. The number of anilines is 1. The van der Waals surface area contributed by atoms with E-state index < -0.39 is 24.8 Å². The molecule has 0 spiro atoms. The van der Waals surface area contributed by atoms with Crippen LogP contribution in [0.5, 0.6) is 5.75 Å². The van der Waals surface area contributed by atoms with Gasteiger partial charge in [-0.25, -0.2) is 16.8 Å². The Labute approximate surface area is 194 Å². The second-order valence-corrected chi connectivity index (χ2v) is 11.3. The highest BCUT2D eigenvalue weighted by Gasteiger charge is 2.26. The molecule has 0 radical (unpaired) electrons. The van der Waals surface area contributed by atoms with Crippen LogP contribution < -0.4 is 9.64 Å². The van der Waals surface area contributed by atoms with Gasteiger partial charge in [0.15, 0.2) is 9.84 Å². The molecule has 0 atom stereocenters. The molecule has 2 aromatic carbocycles. The Hall–Kier alpha value is -2.70. The lowest BCUT2D eigenvalue weighted by Crippen LogP contribution is -2.30. The second-order valence-electron chi connectivity index (χ2n) is 7.36. The van der Waals surface area contributed by atoms with Crippen molar-refractivity contribution in [3.8, 4) is 5.75 Å². The average molecular weight is 500 g/mol. The van der Waals surface area contributed by atoms with Crippen LogP contribution in [0.4, 0.5) is 11.4 Å². The van der Waals surface area contributed by atoms with Crippen LogP contribution in [0.1, 0.15) is 20.3 Å². The van der Waals surface area contributed by atoms with Crippen LogP contribution in [0.2, 0.25) is 0 Å². The van der Waals surface area contributed by atoms with Gasteiger partial charge in [-0.15, -0.1) is 0 Å². The van der Waals surface area contributed by atoms with Crippen LogP contribution in [0.25, 0.3) is 0 Å². The molecule has 33 heavy (non-hydrogen) atoms. The lowest BCUT2D eigenvalue weighted by atomic mass is 10.2. The third-order valence-electron chi connectivity index (χ3n) is 5.06. The maximum Gasteiger partial charge on any atom is 0.293 e. The molecular formula is C21H29N3O7S2. The number of ether oxygens (including phenoxy) is 1. The summed E-state index contributed by atoms with van der Waals surface area (Å²) in [6, 6.07) is 9.99. The van der Waals surface area contributed by atoms with Gasteiger partial charge in [-0.3, -0.25) is 10.1 Å². The highest BCUT2D eigenvalue weighted by molar-refractivity contribution is 7.90. The summed E-state index contributed by atoms with van der Waals surface area (Å²) in [7, 11) is -5.40. The molecular weight excluding hydrogens is 470 g/mol. The van der Waals surface area contributed by atoms with Crippen molar-refractivity contribution in [1.82, 2.24) is 4.31 Å². The molecule has 0 saturated heterocycles. The summed E-state index contributed by atoms with van der Waals surface area (Å²) in [5, 5.41) is 11.6. The summed E-state index contributed by atoms with van der Waals surface area (Å²) in [4.78, 5) is 12.8. The molecule has 2 aromatic rings. The summed E-state index contributed by atoms with van der Waals surface area (Å²) < 4.78 is 55.3. The molecule has 0 bridgehead atoms. The normalized spacial score (nSPS) is 12.0. The quantitative estimate of drug-likeness (QED) is 0.248. The smallest absolute Gasteiger partial charge is 0.293 e. The summed E-state index contributed by atoms with van der Waals surface area (Å²) >= 11 is 0. The minimum absolute atomic E-state index is 0.115. The summed E-state index contributed by atoms with van der Waals surface area (Å²) in [5.74, 6) is 0.516. The maximum atomic E-state index is 12.7. The molecule has 2 rings (SSSR count). The average Bonchev–Trinajstić information content (AvgIpc) is 2.76. The molecule has 0 aliphatic carbocycles. The zero-order chi connectivity index (χ0) is 24.8. The van der Waals surface area contributed by atoms with Gasteiger partial charge in [0.25, 0.3) is 5.69 Å². The Morgan fingerprint density at radius 1 is 0.970 bits per heavy atom. The zero-order valence-electron chi connectivity index (χ0n) is 19.1. The standard InChI is InChI=1S/C21H29N3O7S2/c1-5-23(6-2)33(29,30)19-12-13-20(21(16-19)24(25)26)22(3)14-7-15-31-17-8-10-18(11-9-17)32(4,27)28/h8-13,16H,5-7,14-15H2,1-4H3. The van der Waals surface area contributed by atoms with Crippen molar-refractivity contribution in [1.29, 1.82) is 0 Å². The number of nitrogens with zero attached hydrogens (tertiary/aromatic N) is 3. The van der Waals surface area contributed by atoms with Gasteiger partial charge in [-0.05, 0) is 42.8 Å². The molecule has 0 saturated carbocycles. The van der Waals surface area contributed by atoms with Crippen molar-refractivity contribution >= 4 is 31.2 Å². The first kappa shape index (κ1) is 26.6. The topological polar surface area (TPSA) is 127 Å². The molecule has 0 aliphatic rings. The van der Waals surface area contributed by atoms with Crippen molar-refractivity contribution in [2.75, 3.05) is 44.4 Å². The number of benzene rings is 2. The summed E-state index contributed by atoms with van der Waals surface area (Å²) in [6.07, 6.45) is 1.66. The monoisotopic (exact) mass is 499 g/mol. The first-order valence-electron chi connectivity index (χ1n) is 10.3. The minimum Gasteiger partial charge on any atom is -0.494 e. The maximum absolute atomic E-state index is 12.7. The van der Waals surface area contributed by atoms with E-state index in [0.717, 1.165) is 12.3 Å². The fraction of sp³-hybridized carbons (Fsp3) is 0.429. The number of rotatable bonds is 12. The third-order valence-corrected chi connectivity index (χ3v) is 8.23. The SMILES string of the molecule is CCN(CC)S(=O)(=O)c1ccc(N(C)CCCOc2ccc(S(C)(=O)=O)cc2)c([N+](=O)[O-])c1. The molecule has 0 N–H and O–H groups in total. The van der Waals surface area contributed by atoms with Gasteiger partial charge in [-0.2, -0.15) is 4.31 Å². The molecule has 10 nitrogen and oxygen atoms in total. The Bertz CT molecular complexity index is 1180. The minimum atomic E-state index is -3.81. The third kappa shape index (κ3) is 6.65. The van der Waals surface area contributed by atoms with Gasteiger partial charge in [0.2, 0.25) is 10.0 Å². The van der Waals surface area contributed by atoms with Gasteiger partial charge in [0.1, 0.15) is 11.4 Å². The highest BCUT2D eigenvalue weighted by atomic mass is 32.2. The molecule has 0 aliphatic heterocycles. The van der Waals surface area contributed by atoms with E-state index in [4.69, 9.17) is 4.74 Å². The van der Waals surface area contributed by atoms with Crippen LogP contribution >= 0.6 is 0 Å². The lowest BCUT2D eigenvalue weighted by molar-refractivity contribution is -0.384. The number of hydrogen-bond acceptors (Lipinski definition) is 8. The fourth-order valence-corrected chi connectivity index (χ4v) is 5.35. The van der Waals surface area contributed by atoms with E-state index in [0.29, 0.717) is 31.0 Å². The predicted octanol–water partition coefficient (Wildman–Crippen LogP) is 2.93. The first-order chi connectivity index (χ1) is 15.4. The van der Waals surface area contributed by atoms with E-state index in [2.05, 4.69) is 0 Å². The fourth-order valence-electron chi connectivity index (χ4n) is 3.24. The highest BCUT2D eigenvalue weighted by Crippen LogP contribution is 2.31. The van der Waals surface area contributed by atoms with Crippen molar-refractivity contribution in [2.45, 2.75) is 30.1 Å². The molecule has 0 amide bonds. The molecule has 0 heterocycles. The van der Waals surface area contributed by atoms with Crippen LogP contribution in [0.3, 0.4) is 0 Å². The van der Waals surface area contributed by atoms with Crippen LogP contribution in [-0.2, 0) is 19.9 Å². The molecule has 182 valence electrons. The van der Waals surface area contributed by atoms with Crippen LogP contribution in [-0.4, -0.2) is 65.6 Å². The van der Waals surface area contributed by atoms with Gasteiger partial charge >= 0.3 is 0 Å². The van der Waals surface area contributed by atoms with Crippen molar-refractivity contribution < 1.29 is 26.5 Å². The number of hydrogen-bond donors (Lipinski definition) is 0. The van der Waals surface area contributed by atoms with E-state index >= 15 is 0 Å². The second kappa shape index (κ2) is 10.9. The van der Waals surface area contributed by atoms with E-state index in [-0.39, 0.29) is 28.6 Å². The number of sulfonamides is 1. The summed E-state index contributed by atoms with van der Waals surface area (Å²) in [5.41, 5.74) is 0.0130. The molecule has 0 aromatic heterocycles. The van der Waals surface area contributed by atoms with Gasteiger partial charge in [0, 0.05) is 39.0 Å².